The third-order valence-electron chi connectivity index (χ3n) is 5.26. The van der Waals surface area contributed by atoms with E-state index in [4.69, 9.17) is 0 Å². The summed E-state index contributed by atoms with van der Waals surface area (Å²) >= 11 is 0. The molecule has 0 saturated heterocycles. The first kappa shape index (κ1) is 17.7. The zero-order valence-electron chi connectivity index (χ0n) is 15.2. The van der Waals surface area contributed by atoms with Gasteiger partial charge in [0, 0.05) is 31.0 Å². The molecule has 0 bridgehead atoms. The number of rotatable bonds is 7. The third kappa shape index (κ3) is 5.45. The summed E-state index contributed by atoms with van der Waals surface area (Å²) in [6, 6.07) is 8.11. The Labute approximate surface area is 150 Å². The number of amides is 1. The minimum absolute atomic E-state index is 0.133. The highest BCUT2D eigenvalue weighted by molar-refractivity contribution is 5.90. The topological polar surface area (TPSA) is 46.9 Å². The number of nitrogens with one attached hydrogen (secondary N) is 1. The Hall–Kier alpha value is -2.10. The van der Waals surface area contributed by atoms with Crippen LogP contribution in [0.3, 0.4) is 0 Å². The van der Waals surface area contributed by atoms with Gasteiger partial charge in [0.2, 0.25) is 5.91 Å². The molecule has 1 N–H and O–H groups in total. The molecular formula is C21H29N3O. The van der Waals surface area contributed by atoms with Gasteiger partial charge >= 0.3 is 0 Å². The summed E-state index contributed by atoms with van der Waals surface area (Å²) in [4.78, 5) is 16.4. The van der Waals surface area contributed by atoms with Crippen molar-refractivity contribution >= 4 is 11.6 Å². The van der Waals surface area contributed by atoms with E-state index in [9.17, 15) is 4.79 Å². The molecule has 1 fully saturated rings. The van der Waals surface area contributed by atoms with Gasteiger partial charge in [0.25, 0.3) is 0 Å². The highest BCUT2D eigenvalue weighted by Gasteiger charge is 2.13. The van der Waals surface area contributed by atoms with E-state index in [-0.39, 0.29) is 5.91 Å². The van der Waals surface area contributed by atoms with Crippen molar-refractivity contribution in [2.75, 3.05) is 5.32 Å². The van der Waals surface area contributed by atoms with Gasteiger partial charge in [-0.15, -0.1) is 0 Å². The second-order valence-electron chi connectivity index (χ2n) is 7.24. The van der Waals surface area contributed by atoms with Crippen molar-refractivity contribution in [3.63, 3.8) is 0 Å². The molecule has 134 valence electrons. The van der Waals surface area contributed by atoms with E-state index in [1.165, 1.54) is 44.1 Å². The summed E-state index contributed by atoms with van der Waals surface area (Å²) in [5.41, 5.74) is 2.09. The third-order valence-corrected chi connectivity index (χ3v) is 5.26. The molecule has 1 aromatic heterocycles. The van der Waals surface area contributed by atoms with Gasteiger partial charge in [0.1, 0.15) is 5.82 Å². The highest BCUT2D eigenvalue weighted by atomic mass is 16.1. The second kappa shape index (κ2) is 8.84. The molecule has 25 heavy (non-hydrogen) atoms. The molecule has 4 heteroatoms. The summed E-state index contributed by atoms with van der Waals surface area (Å²) in [5, 5.41) is 3.02. The molecule has 0 radical (unpaired) electrons. The van der Waals surface area contributed by atoms with Crippen molar-refractivity contribution in [2.24, 2.45) is 5.92 Å². The van der Waals surface area contributed by atoms with Crippen molar-refractivity contribution in [2.45, 2.75) is 64.8 Å². The van der Waals surface area contributed by atoms with Gasteiger partial charge in [0.05, 0.1) is 0 Å². The molecule has 1 aromatic carbocycles. The van der Waals surface area contributed by atoms with Crippen LogP contribution >= 0.6 is 0 Å². The molecule has 1 amide bonds. The van der Waals surface area contributed by atoms with E-state index in [0.717, 1.165) is 30.4 Å². The number of carbonyl (C=O) groups excluding carboxylic acids is 1. The van der Waals surface area contributed by atoms with Gasteiger partial charge in [-0.3, -0.25) is 4.79 Å². The number of hydrogen-bond donors (Lipinski definition) is 1. The number of aromatic nitrogens is 2. The lowest BCUT2D eigenvalue weighted by atomic mass is 9.86. The highest BCUT2D eigenvalue weighted by Crippen LogP contribution is 2.27. The van der Waals surface area contributed by atoms with Crippen molar-refractivity contribution < 1.29 is 4.79 Å². The van der Waals surface area contributed by atoms with Crippen LogP contribution in [0.25, 0.3) is 0 Å². The van der Waals surface area contributed by atoms with E-state index >= 15 is 0 Å². The Morgan fingerprint density at radius 3 is 2.64 bits per heavy atom. The largest absolute Gasteiger partial charge is 0.331 e. The van der Waals surface area contributed by atoms with Gasteiger partial charge in [-0.2, -0.15) is 0 Å². The fourth-order valence-electron chi connectivity index (χ4n) is 3.71. The van der Waals surface area contributed by atoms with Crippen LogP contribution in [0.5, 0.6) is 0 Å². The predicted octanol–water partition coefficient (Wildman–Crippen LogP) is 4.93. The Morgan fingerprint density at radius 1 is 1.20 bits per heavy atom. The molecule has 1 heterocycles. The van der Waals surface area contributed by atoms with E-state index in [2.05, 4.69) is 27.0 Å². The predicted molar refractivity (Wildman–Crippen MR) is 102 cm³/mol. The Balaban J connectivity index is 1.41. The van der Waals surface area contributed by atoms with Crippen LogP contribution in [-0.2, 0) is 11.3 Å². The van der Waals surface area contributed by atoms with E-state index in [1.54, 1.807) is 0 Å². The second-order valence-corrected chi connectivity index (χ2v) is 7.24. The van der Waals surface area contributed by atoms with Crippen molar-refractivity contribution in [1.29, 1.82) is 0 Å². The number of carbonyl (C=O) groups is 1. The van der Waals surface area contributed by atoms with Crippen molar-refractivity contribution in [3.8, 4) is 0 Å². The normalized spacial score (nSPS) is 15.2. The molecule has 0 spiro atoms. The minimum Gasteiger partial charge on any atom is -0.331 e. The van der Waals surface area contributed by atoms with Crippen LogP contribution < -0.4 is 5.32 Å². The standard InChI is InChI=1S/C21H29N3O/c1-17-22-14-15-24(17)16-19-10-12-20(13-11-19)23-21(25)9-5-8-18-6-3-2-4-7-18/h10-15,18H,2-9,16H2,1H3,(H,23,25). The van der Waals surface area contributed by atoms with Gasteiger partial charge in [-0.05, 0) is 43.4 Å². The number of benzene rings is 1. The zero-order valence-corrected chi connectivity index (χ0v) is 15.2. The first-order valence-corrected chi connectivity index (χ1v) is 9.57. The van der Waals surface area contributed by atoms with Crippen LogP contribution in [-0.4, -0.2) is 15.5 Å². The zero-order chi connectivity index (χ0) is 17.5. The quantitative estimate of drug-likeness (QED) is 0.777. The first-order chi connectivity index (χ1) is 12.2. The summed E-state index contributed by atoms with van der Waals surface area (Å²) in [7, 11) is 0. The number of imidazole rings is 1. The summed E-state index contributed by atoms with van der Waals surface area (Å²) in [6.45, 7) is 2.81. The lowest BCUT2D eigenvalue weighted by Gasteiger charge is -2.21. The molecule has 2 aromatic rings. The SMILES string of the molecule is Cc1nccn1Cc1ccc(NC(=O)CCCC2CCCCC2)cc1. The van der Waals surface area contributed by atoms with Crippen molar-refractivity contribution in [3.05, 3.63) is 48.0 Å². The number of hydrogen-bond acceptors (Lipinski definition) is 2. The molecule has 0 aliphatic heterocycles. The smallest absolute Gasteiger partial charge is 0.224 e. The maximum atomic E-state index is 12.1. The Morgan fingerprint density at radius 2 is 1.96 bits per heavy atom. The van der Waals surface area contributed by atoms with Crippen molar-refractivity contribution in [1.82, 2.24) is 9.55 Å². The monoisotopic (exact) mass is 339 g/mol. The average Bonchev–Trinajstić information content (AvgIpc) is 3.02. The van der Waals surface area contributed by atoms with Gasteiger partial charge in [-0.1, -0.05) is 44.2 Å². The Bertz CT molecular complexity index is 669. The molecule has 1 aliphatic rings. The molecule has 0 atom stereocenters. The molecule has 1 aliphatic carbocycles. The first-order valence-electron chi connectivity index (χ1n) is 9.57. The van der Waals surface area contributed by atoms with Gasteiger partial charge < -0.3 is 9.88 Å². The molecule has 1 saturated carbocycles. The van der Waals surface area contributed by atoms with E-state index < -0.39 is 0 Å². The Kier molecular flexibility index (Phi) is 6.26. The lowest BCUT2D eigenvalue weighted by Crippen LogP contribution is -2.13. The van der Waals surface area contributed by atoms with Crippen LogP contribution in [0.1, 0.15) is 62.8 Å². The summed E-state index contributed by atoms with van der Waals surface area (Å²) < 4.78 is 2.11. The molecule has 3 rings (SSSR count). The summed E-state index contributed by atoms with van der Waals surface area (Å²) in [6.07, 6.45) is 13.5. The molecule has 0 unspecified atom stereocenters. The van der Waals surface area contributed by atoms with Crippen LogP contribution in [0, 0.1) is 12.8 Å². The number of aryl methyl sites for hydroxylation is 1. The maximum absolute atomic E-state index is 12.1. The molecule has 4 nitrogen and oxygen atoms in total. The van der Waals surface area contributed by atoms with Crippen LogP contribution in [0.4, 0.5) is 5.69 Å². The summed E-state index contributed by atoms with van der Waals surface area (Å²) in [5.74, 6) is 2.00. The average molecular weight is 339 g/mol. The number of nitrogens with zero attached hydrogens (tertiary/aromatic N) is 2. The fraction of sp³-hybridized carbons (Fsp3) is 0.524. The maximum Gasteiger partial charge on any atom is 0.224 e. The minimum atomic E-state index is 0.133. The van der Waals surface area contributed by atoms with Gasteiger partial charge in [0.15, 0.2) is 0 Å². The lowest BCUT2D eigenvalue weighted by molar-refractivity contribution is -0.116. The molecular weight excluding hydrogens is 310 g/mol. The number of anilines is 1. The van der Waals surface area contributed by atoms with E-state index in [1.807, 2.05) is 31.5 Å². The van der Waals surface area contributed by atoms with Crippen LogP contribution in [0.15, 0.2) is 36.7 Å². The fourth-order valence-corrected chi connectivity index (χ4v) is 3.71. The van der Waals surface area contributed by atoms with Crippen LogP contribution in [0.2, 0.25) is 0 Å². The van der Waals surface area contributed by atoms with Gasteiger partial charge in [-0.25, -0.2) is 4.98 Å². The van der Waals surface area contributed by atoms with E-state index in [0.29, 0.717) is 6.42 Å².